The summed E-state index contributed by atoms with van der Waals surface area (Å²) in [6, 6.07) is 0. The summed E-state index contributed by atoms with van der Waals surface area (Å²) in [6.07, 6.45) is 5.15. The van der Waals surface area contributed by atoms with Crippen LogP contribution in [0, 0.1) is 10.3 Å². The molecule has 1 aliphatic rings. The molecule has 0 spiro atoms. The first-order chi connectivity index (χ1) is 7.86. The van der Waals surface area contributed by atoms with E-state index in [0.717, 1.165) is 5.82 Å². The molecule has 1 rings (SSSR count). The summed E-state index contributed by atoms with van der Waals surface area (Å²) in [6.45, 7) is 8.86. The van der Waals surface area contributed by atoms with E-state index in [4.69, 9.17) is 4.74 Å². The normalized spacial score (nSPS) is 20.2. The van der Waals surface area contributed by atoms with Crippen LogP contribution in [0.2, 0.25) is 0 Å². The van der Waals surface area contributed by atoms with Gasteiger partial charge in [0.25, 0.3) is 0 Å². The Morgan fingerprint density at radius 1 is 1.47 bits per heavy atom. The molecule has 0 aliphatic carbocycles. The highest BCUT2D eigenvalue weighted by molar-refractivity contribution is 5.12. The highest BCUT2D eigenvalue weighted by Gasteiger charge is 2.23. The van der Waals surface area contributed by atoms with E-state index >= 15 is 0 Å². The average molecular weight is 239 g/mol. The summed E-state index contributed by atoms with van der Waals surface area (Å²) in [5.41, 5.74) is 0.0993. The van der Waals surface area contributed by atoms with Crippen LogP contribution in [0.25, 0.3) is 0 Å². The van der Waals surface area contributed by atoms with E-state index in [1.54, 1.807) is 0 Å². The van der Waals surface area contributed by atoms with E-state index in [0.29, 0.717) is 6.73 Å². The van der Waals surface area contributed by atoms with Crippen molar-refractivity contribution in [3.8, 4) is 0 Å². The maximum absolute atomic E-state index is 10.3. The molecule has 0 radical (unpaired) electrons. The zero-order valence-electron chi connectivity index (χ0n) is 11.2. The van der Waals surface area contributed by atoms with Crippen molar-refractivity contribution in [3.63, 3.8) is 0 Å². The second-order valence-electron chi connectivity index (χ2n) is 5.28. The Morgan fingerprint density at radius 2 is 2.12 bits per heavy atom. The Balaban J connectivity index is 2.55. The van der Waals surface area contributed by atoms with Gasteiger partial charge in [-0.15, -0.1) is 4.91 Å². The van der Waals surface area contributed by atoms with Gasteiger partial charge in [-0.2, -0.15) is 0 Å². The third-order valence-corrected chi connectivity index (χ3v) is 2.98. The lowest BCUT2D eigenvalue weighted by atomic mass is 9.90. The monoisotopic (exact) mass is 239 g/mol. The number of nitroso groups, excluding NO2 is 1. The van der Waals surface area contributed by atoms with Crippen molar-refractivity contribution in [2.24, 2.45) is 10.6 Å². The zero-order valence-corrected chi connectivity index (χ0v) is 11.2. The van der Waals surface area contributed by atoms with Crippen LogP contribution in [0.4, 0.5) is 0 Å². The first kappa shape index (κ1) is 13.7. The fourth-order valence-electron chi connectivity index (χ4n) is 1.30. The SMILES string of the molecule is CC(OCN1C=CN(C)/C1=C\N=O)C(C)(C)C. The van der Waals surface area contributed by atoms with Crippen molar-refractivity contribution in [1.29, 1.82) is 0 Å². The maximum Gasteiger partial charge on any atom is 0.136 e. The Labute approximate surface area is 103 Å². The quantitative estimate of drug-likeness (QED) is 0.707. The highest BCUT2D eigenvalue weighted by Crippen LogP contribution is 2.23. The van der Waals surface area contributed by atoms with Gasteiger partial charge in [0.15, 0.2) is 0 Å². The minimum absolute atomic E-state index is 0.0993. The first-order valence-electron chi connectivity index (χ1n) is 5.68. The standard InChI is InChI=1S/C12H21N3O2/c1-10(12(2,3)4)17-9-15-7-6-14(5)11(15)8-13-16/h6-8,10H,9H2,1-5H3/b11-8+. The maximum atomic E-state index is 10.3. The molecule has 1 unspecified atom stereocenters. The van der Waals surface area contributed by atoms with Crippen LogP contribution in [-0.4, -0.2) is 29.7 Å². The number of hydrogen-bond donors (Lipinski definition) is 0. The first-order valence-corrected chi connectivity index (χ1v) is 5.68. The van der Waals surface area contributed by atoms with Crippen LogP contribution in [0.5, 0.6) is 0 Å². The predicted octanol–water partition coefficient (Wildman–Crippen LogP) is 2.68. The minimum atomic E-state index is 0.0993. The van der Waals surface area contributed by atoms with E-state index in [-0.39, 0.29) is 11.5 Å². The largest absolute Gasteiger partial charge is 0.357 e. The molecule has 0 N–H and O–H groups in total. The molecular formula is C12H21N3O2. The van der Waals surface area contributed by atoms with Crippen LogP contribution < -0.4 is 0 Å². The molecule has 96 valence electrons. The molecule has 0 bridgehead atoms. The Hall–Kier alpha value is -1.36. The number of nitrogens with zero attached hydrogens (tertiary/aromatic N) is 3. The van der Waals surface area contributed by atoms with Crippen molar-refractivity contribution in [2.75, 3.05) is 13.8 Å². The summed E-state index contributed by atoms with van der Waals surface area (Å²) >= 11 is 0. The Kier molecular flexibility index (Phi) is 4.28. The predicted molar refractivity (Wildman–Crippen MR) is 67.5 cm³/mol. The fraction of sp³-hybridized carbons (Fsp3) is 0.667. The van der Waals surface area contributed by atoms with Crippen LogP contribution in [0.3, 0.4) is 0 Å². The van der Waals surface area contributed by atoms with Gasteiger partial charge in [0.1, 0.15) is 18.8 Å². The molecular weight excluding hydrogens is 218 g/mol. The van der Waals surface area contributed by atoms with Crippen molar-refractivity contribution in [2.45, 2.75) is 33.8 Å². The minimum Gasteiger partial charge on any atom is -0.357 e. The smallest absolute Gasteiger partial charge is 0.136 e. The van der Waals surface area contributed by atoms with E-state index in [1.165, 1.54) is 6.20 Å². The summed E-state index contributed by atoms with van der Waals surface area (Å²) < 4.78 is 5.78. The van der Waals surface area contributed by atoms with Gasteiger partial charge in [-0.3, -0.25) is 0 Å². The molecule has 1 aliphatic heterocycles. The van der Waals surface area contributed by atoms with E-state index in [9.17, 15) is 4.91 Å². The van der Waals surface area contributed by atoms with Crippen molar-refractivity contribution in [1.82, 2.24) is 9.80 Å². The Bertz CT molecular complexity index is 331. The second kappa shape index (κ2) is 5.31. The molecule has 5 heteroatoms. The zero-order chi connectivity index (χ0) is 13.1. The van der Waals surface area contributed by atoms with E-state index < -0.39 is 0 Å². The van der Waals surface area contributed by atoms with Gasteiger partial charge < -0.3 is 14.5 Å². The van der Waals surface area contributed by atoms with Gasteiger partial charge in [-0.05, 0) is 17.5 Å². The van der Waals surface area contributed by atoms with Crippen LogP contribution >= 0.6 is 0 Å². The third-order valence-electron chi connectivity index (χ3n) is 2.98. The highest BCUT2D eigenvalue weighted by atomic mass is 16.5. The summed E-state index contributed by atoms with van der Waals surface area (Å²) in [4.78, 5) is 14.0. The van der Waals surface area contributed by atoms with Gasteiger partial charge in [-0.1, -0.05) is 20.8 Å². The molecule has 5 nitrogen and oxygen atoms in total. The fourth-order valence-corrected chi connectivity index (χ4v) is 1.30. The topological polar surface area (TPSA) is 45.1 Å². The summed E-state index contributed by atoms with van der Waals surface area (Å²) in [7, 11) is 1.86. The van der Waals surface area contributed by atoms with Crippen LogP contribution in [0.15, 0.2) is 29.6 Å². The molecule has 0 aromatic rings. The van der Waals surface area contributed by atoms with Crippen LogP contribution in [-0.2, 0) is 4.74 Å². The molecule has 1 atom stereocenters. The molecule has 0 aromatic heterocycles. The molecule has 0 amide bonds. The van der Waals surface area contributed by atoms with Crippen LogP contribution in [0.1, 0.15) is 27.7 Å². The average Bonchev–Trinajstić information content (AvgIpc) is 2.56. The number of ether oxygens (including phenoxy) is 1. The van der Waals surface area contributed by atoms with E-state index in [1.807, 2.05) is 36.2 Å². The lowest BCUT2D eigenvalue weighted by Crippen LogP contribution is -2.31. The summed E-state index contributed by atoms with van der Waals surface area (Å²) in [5, 5.41) is 2.80. The number of hydrogen-bond acceptors (Lipinski definition) is 5. The Morgan fingerprint density at radius 3 is 2.65 bits per heavy atom. The molecule has 17 heavy (non-hydrogen) atoms. The molecule has 1 heterocycles. The second-order valence-corrected chi connectivity index (χ2v) is 5.28. The third kappa shape index (κ3) is 3.56. The lowest BCUT2D eigenvalue weighted by Gasteiger charge is -2.30. The van der Waals surface area contributed by atoms with Crippen molar-refractivity contribution >= 4 is 0 Å². The molecule has 0 saturated heterocycles. The van der Waals surface area contributed by atoms with Gasteiger partial charge >= 0.3 is 0 Å². The lowest BCUT2D eigenvalue weighted by molar-refractivity contribution is -0.0404. The van der Waals surface area contributed by atoms with Gasteiger partial charge in [0, 0.05) is 19.4 Å². The van der Waals surface area contributed by atoms with Crippen molar-refractivity contribution in [3.05, 3.63) is 29.3 Å². The molecule has 0 saturated carbocycles. The van der Waals surface area contributed by atoms with Gasteiger partial charge in [0.2, 0.25) is 0 Å². The summed E-state index contributed by atoms with van der Waals surface area (Å²) in [5.74, 6) is 0.723. The molecule has 0 fully saturated rings. The van der Waals surface area contributed by atoms with Gasteiger partial charge in [0.05, 0.1) is 6.10 Å². The number of rotatable bonds is 4. The molecule has 0 aromatic carbocycles. The van der Waals surface area contributed by atoms with E-state index in [2.05, 4.69) is 25.9 Å². The van der Waals surface area contributed by atoms with Gasteiger partial charge in [-0.25, -0.2) is 0 Å². The van der Waals surface area contributed by atoms with Crippen molar-refractivity contribution < 1.29 is 4.74 Å².